The Bertz CT molecular complexity index is 2410. The van der Waals surface area contributed by atoms with Crippen LogP contribution in [-0.4, -0.2) is 10.7 Å². The van der Waals surface area contributed by atoms with Crippen LogP contribution in [0.25, 0.3) is 44.5 Å². The second-order valence-electron chi connectivity index (χ2n) is 20.0. The van der Waals surface area contributed by atoms with Gasteiger partial charge in [-0.3, -0.25) is 10.3 Å². The maximum atomic E-state index is 12.8. The highest BCUT2D eigenvalue weighted by atomic mass is 16.5. The van der Waals surface area contributed by atoms with Gasteiger partial charge in [-0.05, 0) is 198 Å². The number of nitrogens with zero attached hydrogens (tertiary/aromatic N) is 1. The van der Waals surface area contributed by atoms with Gasteiger partial charge in [0.05, 0.1) is 11.2 Å². The van der Waals surface area contributed by atoms with Gasteiger partial charge in [0.25, 0.3) is 0 Å². The van der Waals surface area contributed by atoms with E-state index in [2.05, 4.69) is 218 Å². The molecule has 318 valence electrons. The van der Waals surface area contributed by atoms with E-state index in [1.165, 1.54) is 106 Å². The van der Waals surface area contributed by atoms with E-state index < -0.39 is 5.54 Å². The molecule has 0 radical (unpaired) electrons. The largest absolute Gasteiger partial charge is 0.288 e. The fourth-order valence-corrected chi connectivity index (χ4v) is 9.90. The second kappa shape index (κ2) is 17.2. The number of hydrogen-bond acceptors (Lipinski definition) is 2. The number of aryl methyl sites for hydroxylation is 8. The van der Waals surface area contributed by atoms with Gasteiger partial charge in [-0.25, -0.2) is 0 Å². The minimum absolute atomic E-state index is 0.160. The molecule has 7 aromatic rings. The van der Waals surface area contributed by atoms with Crippen molar-refractivity contribution in [2.24, 2.45) is 0 Å². The number of hydroxylamine groups is 1. The third-order valence-corrected chi connectivity index (χ3v) is 13.1. The number of rotatable bonds is 9. The van der Waals surface area contributed by atoms with Crippen molar-refractivity contribution in [1.82, 2.24) is 0 Å². The molecule has 0 aliphatic heterocycles. The Morgan fingerprint density at radius 1 is 0.387 bits per heavy atom. The molecule has 0 aliphatic carbocycles. The van der Waals surface area contributed by atoms with Crippen molar-refractivity contribution in [1.29, 1.82) is 0 Å². The van der Waals surface area contributed by atoms with Gasteiger partial charge in [-0.2, -0.15) is 0 Å². The molecule has 0 spiro atoms. The molecule has 1 N–H and O–H groups in total. The van der Waals surface area contributed by atoms with E-state index in [4.69, 9.17) is 0 Å². The summed E-state index contributed by atoms with van der Waals surface area (Å²) >= 11 is 0. The summed E-state index contributed by atoms with van der Waals surface area (Å²) in [6, 6.07) is 45.0. The lowest BCUT2D eigenvalue weighted by Gasteiger charge is -2.36. The van der Waals surface area contributed by atoms with Crippen molar-refractivity contribution in [3.8, 4) is 44.5 Å². The van der Waals surface area contributed by atoms with Crippen LogP contribution in [0.1, 0.15) is 114 Å². The fourth-order valence-electron chi connectivity index (χ4n) is 9.90. The normalized spacial score (nSPS) is 11.9. The third kappa shape index (κ3) is 8.55. The molecule has 0 saturated heterocycles. The van der Waals surface area contributed by atoms with Crippen molar-refractivity contribution >= 4 is 5.69 Å². The molecule has 2 heteroatoms. The van der Waals surface area contributed by atoms with Crippen molar-refractivity contribution in [2.75, 3.05) is 5.06 Å². The average Bonchev–Trinajstić information content (AvgIpc) is 3.18. The maximum absolute atomic E-state index is 12.8. The monoisotopic (exact) mass is 818 g/mol. The van der Waals surface area contributed by atoms with Crippen LogP contribution in [-0.2, 0) is 18.3 Å². The topological polar surface area (TPSA) is 23.5 Å². The number of anilines is 1. The predicted molar refractivity (Wildman–Crippen MR) is 267 cm³/mol. The van der Waals surface area contributed by atoms with Crippen molar-refractivity contribution in [3.63, 3.8) is 0 Å². The minimum atomic E-state index is -0.587. The molecule has 0 atom stereocenters. The van der Waals surface area contributed by atoms with Gasteiger partial charge in [-0.15, -0.1) is 0 Å². The van der Waals surface area contributed by atoms with E-state index in [1.807, 2.05) is 0 Å². The Hall–Kier alpha value is -5.70. The molecule has 2 nitrogen and oxygen atoms in total. The summed E-state index contributed by atoms with van der Waals surface area (Å²) in [5.74, 6) is 0. The van der Waals surface area contributed by atoms with Crippen molar-refractivity contribution in [3.05, 3.63) is 194 Å². The summed E-state index contributed by atoms with van der Waals surface area (Å²) in [5, 5.41) is 14.4. The highest BCUT2D eigenvalue weighted by Crippen LogP contribution is 2.45. The molecular formula is C60H67NO. The number of benzene rings is 7. The standard InChI is InChI=1S/C60H67NO/c1-37-21-15-22-38(2)54(37)48-29-19-30-49(55-39(3)23-16-24-40(55)4)52(48)35-45-33-47(59(9,10)11)34-46(58(45)61(62)60(12,13)14)36-53-50(56-41(5)25-17-26-42(56)6)31-20-32-51(53)57-43(7)27-18-28-44(57)8/h15-34,62H,35-36H2,1-14H3. The molecule has 7 aromatic carbocycles. The summed E-state index contributed by atoms with van der Waals surface area (Å²) < 4.78 is 0. The summed E-state index contributed by atoms with van der Waals surface area (Å²) in [7, 11) is 0. The van der Waals surface area contributed by atoms with E-state index in [-0.39, 0.29) is 5.41 Å². The molecule has 62 heavy (non-hydrogen) atoms. The lowest BCUT2D eigenvalue weighted by atomic mass is 9.78. The third-order valence-electron chi connectivity index (χ3n) is 13.1. The second-order valence-corrected chi connectivity index (χ2v) is 20.0. The van der Waals surface area contributed by atoms with Gasteiger partial charge in [0.2, 0.25) is 0 Å². The molecule has 7 rings (SSSR count). The molecule has 0 unspecified atom stereocenters. The van der Waals surface area contributed by atoms with Crippen LogP contribution in [0.4, 0.5) is 5.69 Å². The molecule has 0 saturated carbocycles. The molecular weight excluding hydrogens is 751 g/mol. The van der Waals surface area contributed by atoms with Crippen LogP contribution in [0.15, 0.2) is 121 Å². The van der Waals surface area contributed by atoms with Gasteiger partial charge < -0.3 is 0 Å². The Balaban J connectivity index is 1.60. The van der Waals surface area contributed by atoms with Gasteiger partial charge >= 0.3 is 0 Å². The molecule has 0 aromatic heterocycles. The predicted octanol–water partition coefficient (Wildman–Crippen LogP) is 16.3. The highest BCUT2D eigenvalue weighted by Gasteiger charge is 2.30. The molecule has 0 aliphatic rings. The zero-order valence-corrected chi connectivity index (χ0v) is 39.9. The zero-order chi connectivity index (χ0) is 44.8. The highest BCUT2D eigenvalue weighted by molar-refractivity contribution is 5.87. The Labute approximate surface area is 373 Å². The summed E-state index contributed by atoms with van der Waals surface area (Å²) in [6.45, 7) is 31.1. The van der Waals surface area contributed by atoms with Gasteiger partial charge in [0.15, 0.2) is 0 Å². The van der Waals surface area contributed by atoms with E-state index >= 15 is 0 Å². The quantitative estimate of drug-likeness (QED) is 0.147. The lowest BCUT2D eigenvalue weighted by molar-refractivity contribution is 0.179. The average molecular weight is 818 g/mol. The first kappa shape index (κ1) is 44.4. The van der Waals surface area contributed by atoms with E-state index in [1.54, 1.807) is 5.06 Å². The smallest absolute Gasteiger partial charge is 0.0711 e. The van der Waals surface area contributed by atoms with E-state index in [9.17, 15) is 5.21 Å². The first-order valence-electron chi connectivity index (χ1n) is 22.4. The number of hydrogen-bond donors (Lipinski definition) is 1. The summed E-state index contributed by atoms with van der Waals surface area (Å²) in [5.41, 5.74) is 26.3. The SMILES string of the molecule is Cc1cccc(C)c1-c1cccc(-c2c(C)cccc2C)c1Cc1cc(C(C)(C)C)cc(Cc2c(-c3c(C)cccc3C)cccc2-c2c(C)cccc2C)c1N(O)C(C)(C)C. The maximum Gasteiger partial charge on any atom is 0.0711 e. The lowest BCUT2D eigenvalue weighted by Crippen LogP contribution is -2.40. The van der Waals surface area contributed by atoms with Crippen LogP contribution in [0.3, 0.4) is 0 Å². The van der Waals surface area contributed by atoms with Crippen LogP contribution in [0.5, 0.6) is 0 Å². The zero-order valence-electron chi connectivity index (χ0n) is 39.9. The van der Waals surface area contributed by atoms with Crippen LogP contribution >= 0.6 is 0 Å². The molecule has 0 bridgehead atoms. The van der Waals surface area contributed by atoms with Crippen molar-refractivity contribution in [2.45, 2.75) is 121 Å². The van der Waals surface area contributed by atoms with Gasteiger partial charge in [-0.1, -0.05) is 142 Å². The van der Waals surface area contributed by atoms with E-state index in [0.717, 1.165) is 16.8 Å². The summed E-state index contributed by atoms with van der Waals surface area (Å²) in [4.78, 5) is 0. The fraction of sp³-hybridized carbons (Fsp3) is 0.300. The first-order valence-corrected chi connectivity index (χ1v) is 22.4. The Kier molecular flexibility index (Phi) is 12.3. The van der Waals surface area contributed by atoms with Gasteiger partial charge in [0.1, 0.15) is 0 Å². The van der Waals surface area contributed by atoms with Crippen LogP contribution in [0.2, 0.25) is 0 Å². The molecule has 0 heterocycles. The van der Waals surface area contributed by atoms with Crippen LogP contribution in [0, 0.1) is 55.4 Å². The first-order chi connectivity index (χ1) is 29.3. The van der Waals surface area contributed by atoms with Crippen LogP contribution < -0.4 is 5.06 Å². The van der Waals surface area contributed by atoms with Gasteiger partial charge in [0, 0.05) is 12.8 Å². The van der Waals surface area contributed by atoms with Crippen molar-refractivity contribution < 1.29 is 5.21 Å². The summed E-state index contributed by atoms with van der Waals surface area (Å²) in [6.07, 6.45) is 1.27. The Morgan fingerprint density at radius 2 is 0.629 bits per heavy atom. The molecule has 0 fully saturated rings. The Morgan fingerprint density at radius 3 is 0.855 bits per heavy atom. The molecule has 0 amide bonds. The minimum Gasteiger partial charge on any atom is -0.288 e. The van der Waals surface area contributed by atoms with E-state index in [0.29, 0.717) is 12.8 Å².